The molecule has 0 amide bonds. The van der Waals surface area contributed by atoms with Crippen LogP contribution in [0.25, 0.3) is 28.3 Å². The summed E-state index contributed by atoms with van der Waals surface area (Å²) < 4.78 is 39.1. The van der Waals surface area contributed by atoms with Gasteiger partial charge in [0.15, 0.2) is 28.6 Å². The van der Waals surface area contributed by atoms with E-state index in [2.05, 4.69) is 25.3 Å². The van der Waals surface area contributed by atoms with Gasteiger partial charge < -0.3 is 9.15 Å². The maximum absolute atomic E-state index is 13.6. The van der Waals surface area contributed by atoms with Crippen LogP contribution in [-0.4, -0.2) is 29.8 Å². The summed E-state index contributed by atoms with van der Waals surface area (Å²) in [4.78, 5) is 8.64. The average Bonchev–Trinajstić information content (AvgIpc) is 3.38. The molecule has 0 atom stereocenters. The van der Waals surface area contributed by atoms with Crippen molar-refractivity contribution in [3.63, 3.8) is 0 Å². The van der Waals surface area contributed by atoms with Gasteiger partial charge in [-0.25, -0.2) is 23.3 Å². The van der Waals surface area contributed by atoms with Crippen molar-refractivity contribution in [1.29, 1.82) is 0 Å². The Labute approximate surface area is 149 Å². The van der Waals surface area contributed by atoms with Crippen LogP contribution in [0.2, 0.25) is 0 Å². The molecule has 0 saturated carbocycles. The quantitative estimate of drug-likeness (QED) is 0.524. The Kier molecular flexibility index (Phi) is 3.35. The van der Waals surface area contributed by atoms with Crippen molar-refractivity contribution in [1.82, 2.24) is 29.8 Å². The number of H-pyrrole nitrogens is 1. The molecule has 1 aromatic carbocycles. The van der Waals surface area contributed by atoms with Crippen LogP contribution < -0.4 is 4.74 Å². The number of hydrogen-bond donors (Lipinski definition) is 1. The van der Waals surface area contributed by atoms with Crippen molar-refractivity contribution in [2.75, 3.05) is 0 Å². The molecule has 5 aromatic rings. The van der Waals surface area contributed by atoms with Gasteiger partial charge in [0.05, 0.1) is 11.6 Å². The summed E-state index contributed by atoms with van der Waals surface area (Å²) in [6, 6.07) is 6.47. The number of rotatable bonds is 4. The highest BCUT2D eigenvalue weighted by atomic mass is 19.1. The van der Waals surface area contributed by atoms with E-state index in [4.69, 9.17) is 9.15 Å². The molecule has 134 valence electrons. The third-order valence-electron chi connectivity index (χ3n) is 3.93. The van der Waals surface area contributed by atoms with Crippen LogP contribution in [0.5, 0.6) is 5.75 Å². The standard InChI is InChI=1S/C17H10F2N6O2/c18-9-1-3-13(12(19)5-9)26-7-10-2-4-14(27-10)16-22-17-11-6-21-23-15(11)20-8-25(17)24-16/h1-6,8H,7H2,(H,21,23). The molecule has 0 spiro atoms. The van der Waals surface area contributed by atoms with Crippen molar-refractivity contribution in [2.45, 2.75) is 6.61 Å². The molecule has 27 heavy (non-hydrogen) atoms. The molecule has 0 aliphatic rings. The zero-order valence-corrected chi connectivity index (χ0v) is 13.6. The molecule has 0 bridgehead atoms. The number of fused-ring (bicyclic) bond motifs is 3. The SMILES string of the molecule is Fc1ccc(OCc2ccc(-c3nc4c5cn[nH]c5ncn4n3)o2)c(F)c1. The molecule has 0 fully saturated rings. The van der Waals surface area contributed by atoms with E-state index < -0.39 is 11.6 Å². The summed E-state index contributed by atoms with van der Waals surface area (Å²) in [5.41, 5.74) is 1.20. The van der Waals surface area contributed by atoms with Gasteiger partial charge in [0, 0.05) is 6.07 Å². The first-order valence-electron chi connectivity index (χ1n) is 7.89. The third kappa shape index (κ3) is 2.67. The smallest absolute Gasteiger partial charge is 0.217 e. The van der Waals surface area contributed by atoms with Crippen LogP contribution >= 0.6 is 0 Å². The van der Waals surface area contributed by atoms with E-state index in [1.165, 1.54) is 16.9 Å². The highest BCUT2D eigenvalue weighted by molar-refractivity contribution is 5.88. The molecule has 4 aromatic heterocycles. The maximum atomic E-state index is 13.6. The topological polar surface area (TPSA) is 94.1 Å². The first-order valence-corrected chi connectivity index (χ1v) is 7.89. The van der Waals surface area contributed by atoms with E-state index in [1.54, 1.807) is 18.3 Å². The number of ether oxygens (including phenoxy) is 1. The summed E-state index contributed by atoms with van der Waals surface area (Å²) in [5, 5.41) is 11.8. The van der Waals surface area contributed by atoms with Gasteiger partial charge in [0.2, 0.25) is 5.82 Å². The first kappa shape index (κ1) is 15.4. The first-order chi connectivity index (χ1) is 13.2. The van der Waals surface area contributed by atoms with Crippen LogP contribution in [0, 0.1) is 11.6 Å². The van der Waals surface area contributed by atoms with E-state index in [0.717, 1.165) is 17.5 Å². The van der Waals surface area contributed by atoms with Gasteiger partial charge in [0.25, 0.3) is 0 Å². The minimum Gasteiger partial charge on any atom is -0.483 e. The molecule has 10 heteroatoms. The molecular formula is C17H10F2N6O2. The van der Waals surface area contributed by atoms with Crippen molar-refractivity contribution in [3.8, 4) is 17.3 Å². The Bertz CT molecular complexity index is 1280. The number of benzene rings is 1. The number of nitrogens with one attached hydrogen (secondary N) is 1. The van der Waals surface area contributed by atoms with E-state index in [0.29, 0.717) is 28.6 Å². The van der Waals surface area contributed by atoms with Gasteiger partial charge in [0.1, 0.15) is 24.5 Å². The zero-order valence-electron chi connectivity index (χ0n) is 13.6. The second-order valence-electron chi connectivity index (χ2n) is 5.71. The van der Waals surface area contributed by atoms with Crippen LogP contribution in [0.15, 0.2) is 47.3 Å². The molecule has 0 aliphatic heterocycles. The third-order valence-corrected chi connectivity index (χ3v) is 3.93. The lowest BCUT2D eigenvalue weighted by Gasteiger charge is -2.05. The van der Waals surface area contributed by atoms with Crippen LogP contribution in [0.1, 0.15) is 5.76 Å². The average molecular weight is 368 g/mol. The highest BCUT2D eigenvalue weighted by Gasteiger charge is 2.15. The predicted octanol–water partition coefficient (Wildman–Crippen LogP) is 3.12. The number of aromatic nitrogens is 6. The van der Waals surface area contributed by atoms with E-state index in [9.17, 15) is 8.78 Å². The van der Waals surface area contributed by atoms with Gasteiger partial charge in [-0.3, -0.25) is 5.10 Å². The lowest BCUT2D eigenvalue weighted by atomic mass is 10.3. The van der Waals surface area contributed by atoms with Gasteiger partial charge in [-0.1, -0.05) is 0 Å². The number of furan rings is 1. The molecule has 0 unspecified atom stereocenters. The van der Waals surface area contributed by atoms with Crippen molar-refractivity contribution < 1.29 is 17.9 Å². The van der Waals surface area contributed by atoms with Crippen molar-refractivity contribution in [3.05, 3.63) is 60.3 Å². The van der Waals surface area contributed by atoms with E-state index in [-0.39, 0.29) is 12.4 Å². The van der Waals surface area contributed by atoms with Crippen molar-refractivity contribution in [2.24, 2.45) is 0 Å². The number of nitrogens with zero attached hydrogens (tertiary/aromatic N) is 5. The fraction of sp³-hybridized carbons (Fsp3) is 0.0588. The van der Waals surface area contributed by atoms with Gasteiger partial charge in [-0.2, -0.15) is 5.10 Å². The lowest BCUT2D eigenvalue weighted by Crippen LogP contribution is -1.96. The number of halogens is 2. The Hall–Kier alpha value is -3.82. The lowest BCUT2D eigenvalue weighted by molar-refractivity contribution is 0.259. The molecule has 1 N–H and O–H groups in total. The summed E-state index contributed by atoms with van der Waals surface area (Å²) in [6.45, 7) is -0.0244. The van der Waals surface area contributed by atoms with E-state index in [1.807, 2.05) is 0 Å². The Morgan fingerprint density at radius 3 is 3.00 bits per heavy atom. The second-order valence-corrected chi connectivity index (χ2v) is 5.71. The summed E-state index contributed by atoms with van der Waals surface area (Å²) >= 11 is 0. The minimum absolute atomic E-state index is 0.0244. The van der Waals surface area contributed by atoms with Crippen molar-refractivity contribution >= 4 is 16.7 Å². The highest BCUT2D eigenvalue weighted by Crippen LogP contribution is 2.24. The summed E-state index contributed by atoms with van der Waals surface area (Å²) in [6.07, 6.45) is 3.14. The van der Waals surface area contributed by atoms with Gasteiger partial charge in [-0.05, 0) is 24.3 Å². The minimum atomic E-state index is -0.777. The number of aromatic amines is 1. The van der Waals surface area contributed by atoms with Gasteiger partial charge in [-0.15, -0.1) is 5.10 Å². The van der Waals surface area contributed by atoms with Crippen LogP contribution in [0.3, 0.4) is 0 Å². The zero-order chi connectivity index (χ0) is 18.4. The summed E-state index contributed by atoms with van der Waals surface area (Å²) in [5.74, 6) is -0.272. The van der Waals surface area contributed by atoms with Gasteiger partial charge >= 0.3 is 0 Å². The molecule has 0 aliphatic carbocycles. The van der Waals surface area contributed by atoms with Crippen LogP contribution in [-0.2, 0) is 6.61 Å². The second kappa shape index (κ2) is 5.87. The fourth-order valence-corrected chi connectivity index (χ4v) is 2.66. The molecule has 5 rings (SSSR count). The normalized spacial score (nSPS) is 11.5. The Balaban J connectivity index is 1.40. The number of hydrogen-bond acceptors (Lipinski definition) is 6. The monoisotopic (exact) mass is 368 g/mol. The maximum Gasteiger partial charge on any atom is 0.217 e. The van der Waals surface area contributed by atoms with E-state index >= 15 is 0 Å². The predicted molar refractivity (Wildman–Crippen MR) is 88.8 cm³/mol. The molecule has 0 saturated heterocycles. The summed E-state index contributed by atoms with van der Waals surface area (Å²) in [7, 11) is 0. The Morgan fingerprint density at radius 1 is 1.19 bits per heavy atom. The molecule has 0 radical (unpaired) electrons. The molecule has 4 heterocycles. The molecule has 8 nitrogen and oxygen atoms in total. The van der Waals surface area contributed by atoms with Crippen LogP contribution in [0.4, 0.5) is 8.78 Å². The molecular weight excluding hydrogens is 358 g/mol. The largest absolute Gasteiger partial charge is 0.483 e. The fourth-order valence-electron chi connectivity index (χ4n) is 2.66. The Morgan fingerprint density at radius 2 is 2.11 bits per heavy atom.